The molecule has 0 aliphatic heterocycles. The van der Waals surface area contributed by atoms with E-state index < -0.39 is 0 Å². The first-order valence-electron chi connectivity index (χ1n) is 5.11. The van der Waals surface area contributed by atoms with Gasteiger partial charge in [-0.2, -0.15) is 0 Å². The maximum atomic E-state index is 12.3. The summed E-state index contributed by atoms with van der Waals surface area (Å²) in [5, 5.41) is 10.8. The Balaban J connectivity index is 2.68. The molecule has 84 valence electrons. The molecule has 0 spiro atoms. The Bertz CT molecular complexity index is 792. The Hall–Kier alpha value is -2.07. The number of phenolic OH excluding ortho intramolecular Hbond substituents is 1. The zero-order valence-corrected chi connectivity index (χ0v) is 9.62. The molecule has 0 radical (unpaired) electrons. The quantitative estimate of drug-likeness (QED) is 0.471. The number of anilines is 1. The number of benzene rings is 2. The van der Waals surface area contributed by atoms with Crippen molar-refractivity contribution in [3.05, 3.63) is 46.6 Å². The zero-order chi connectivity index (χ0) is 12.0. The van der Waals surface area contributed by atoms with Crippen molar-refractivity contribution in [3.63, 3.8) is 0 Å². The largest absolute Gasteiger partial charge is 0.506 e. The summed E-state index contributed by atoms with van der Waals surface area (Å²) in [5.41, 5.74) is 6.19. The van der Waals surface area contributed by atoms with Crippen molar-refractivity contribution < 1.29 is 5.11 Å². The lowest BCUT2D eigenvalue weighted by Crippen LogP contribution is -2.03. The average Bonchev–Trinajstić information content (AvgIpc) is 2.31. The van der Waals surface area contributed by atoms with Crippen LogP contribution in [0.1, 0.15) is 0 Å². The number of hydrogen-bond acceptors (Lipinski definition) is 4. The van der Waals surface area contributed by atoms with Gasteiger partial charge in [0, 0.05) is 15.8 Å². The zero-order valence-electron chi connectivity index (χ0n) is 8.81. The Morgan fingerprint density at radius 1 is 1.12 bits per heavy atom. The molecule has 0 aliphatic rings. The van der Waals surface area contributed by atoms with Crippen molar-refractivity contribution in [1.29, 1.82) is 0 Å². The number of hydrogen-bond donors (Lipinski definition) is 2. The number of fused-ring (bicyclic) bond motifs is 2. The fourth-order valence-corrected chi connectivity index (χ4v) is 3.05. The molecule has 1 aromatic heterocycles. The molecule has 3 N–H and O–H groups in total. The number of aromatic hydroxyl groups is 1. The summed E-state index contributed by atoms with van der Waals surface area (Å²) in [6, 6.07) is 10.3. The van der Waals surface area contributed by atoms with Gasteiger partial charge in [0.1, 0.15) is 5.75 Å². The van der Waals surface area contributed by atoms with Gasteiger partial charge in [-0.05, 0) is 24.3 Å². The highest BCUT2D eigenvalue weighted by atomic mass is 32.1. The maximum Gasteiger partial charge on any atom is 0.198 e. The molecule has 0 amide bonds. The number of nitrogens with two attached hydrogens (primary N) is 1. The molecule has 0 bridgehead atoms. The fraction of sp³-hybridized carbons (Fsp3) is 0. The van der Waals surface area contributed by atoms with E-state index in [-0.39, 0.29) is 11.2 Å². The van der Waals surface area contributed by atoms with Crippen LogP contribution in [0.5, 0.6) is 5.75 Å². The van der Waals surface area contributed by atoms with Crippen molar-refractivity contribution >= 4 is 37.2 Å². The SMILES string of the molecule is Nc1cccc2sc3c(O)cccc3c(=O)c12. The van der Waals surface area contributed by atoms with E-state index >= 15 is 0 Å². The first kappa shape index (κ1) is 10.1. The van der Waals surface area contributed by atoms with Gasteiger partial charge in [-0.1, -0.05) is 12.1 Å². The van der Waals surface area contributed by atoms with Crippen LogP contribution in [0.25, 0.3) is 20.2 Å². The van der Waals surface area contributed by atoms with E-state index in [2.05, 4.69) is 0 Å². The van der Waals surface area contributed by atoms with Gasteiger partial charge in [-0.15, -0.1) is 11.3 Å². The van der Waals surface area contributed by atoms with Gasteiger partial charge in [-0.25, -0.2) is 0 Å². The lowest BCUT2D eigenvalue weighted by atomic mass is 10.1. The third-order valence-electron chi connectivity index (χ3n) is 2.74. The molecule has 1 heterocycles. The summed E-state index contributed by atoms with van der Waals surface area (Å²) < 4.78 is 1.40. The summed E-state index contributed by atoms with van der Waals surface area (Å²) in [4.78, 5) is 12.3. The summed E-state index contributed by atoms with van der Waals surface area (Å²) >= 11 is 1.38. The van der Waals surface area contributed by atoms with Crippen molar-refractivity contribution in [2.24, 2.45) is 0 Å². The van der Waals surface area contributed by atoms with Crippen LogP contribution < -0.4 is 11.2 Å². The van der Waals surface area contributed by atoms with Gasteiger partial charge < -0.3 is 10.8 Å². The van der Waals surface area contributed by atoms with E-state index in [1.807, 2.05) is 6.07 Å². The summed E-state index contributed by atoms with van der Waals surface area (Å²) in [6.07, 6.45) is 0. The van der Waals surface area contributed by atoms with Crippen LogP contribution in [0.15, 0.2) is 41.2 Å². The number of nitrogen functional groups attached to an aromatic ring is 1. The topological polar surface area (TPSA) is 63.3 Å². The average molecular weight is 243 g/mol. The monoisotopic (exact) mass is 243 g/mol. The molecule has 0 unspecified atom stereocenters. The predicted octanol–water partition coefficient (Wildman–Crippen LogP) is 2.70. The van der Waals surface area contributed by atoms with Crippen molar-refractivity contribution in [2.45, 2.75) is 0 Å². The summed E-state index contributed by atoms with van der Waals surface area (Å²) in [5.74, 6) is 0.133. The third-order valence-corrected chi connectivity index (χ3v) is 3.93. The highest BCUT2D eigenvalue weighted by molar-refractivity contribution is 7.25. The minimum absolute atomic E-state index is 0.122. The first-order chi connectivity index (χ1) is 8.18. The molecule has 0 fully saturated rings. The minimum Gasteiger partial charge on any atom is -0.506 e. The molecular formula is C13H9NO2S. The lowest BCUT2D eigenvalue weighted by molar-refractivity contribution is 0.482. The first-order valence-corrected chi connectivity index (χ1v) is 5.93. The van der Waals surface area contributed by atoms with Crippen LogP contribution in [0.3, 0.4) is 0 Å². The van der Waals surface area contributed by atoms with Gasteiger partial charge in [-0.3, -0.25) is 4.79 Å². The molecule has 0 saturated heterocycles. The Morgan fingerprint density at radius 3 is 2.71 bits per heavy atom. The second-order valence-corrected chi connectivity index (χ2v) is 4.86. The lowest BCUT2D eigenvalue weighted by Gasteiger charge is -2.04. The van der Waals surface area contributed by atoms with Gasteiger partial charge >= 0.3 is 0 Å². The van der Waals surface area contributed by atoms with E-state index in [1.54, 1.807) is 30.3 Å². The van der Waals surface area contributed by atoms with E-state index in [9.17, 15) is 9.90 Å². The molecule has 4 heteroatoms. The Labute approximate surface area is 101 Å². The second-order valence-electron chi connectivity index (χ2n) is 3.81. The van der Waals surface area contributed by atoms with E-state index in [0.717, 1.165) is 4.70 Å². The van der Waals surface area contributed by atoms with Crippen LogP contribution in [0, 0.1) is 0 Å². The smallest absolute Gasteiger partial charge is 0.198 e. The van der Waals surface area contributed by atoms with Crippen molar-refractivity contribution in [1.82, 2.24) is 0 Å². The molecule has 0 saturated carbocycles. The molecule has 3 nitrogen and oxygen atoms in total. The maximum absolute atomic E-state index is 12.3. The van der Waals surface area contributed by atoms with E-state index in [0.29, 0.717) is 21.2 Å². The highest BCUT2D eigenvalue weighted by Gasteiger charge is 2.10. The van der Waals surface area contributed by atoms with Crippen LogP contribution in [-0.2, 0) is 0 Å². The minimum atomic E-state index is -0.122. The third kappa shape index (κ3) is 1.38. The highest BCUT2D eigenvalue weighted by Crippen LogP contribution is 2.32. The predicted molar refractivity (Wildman–Crippen MR) is 71.7 cm³/mol. The van der Waals surface area contributed by atoms with Gasteiger partial charge in [0.2, 0.25) is 0 Å². The van der Waals surface area contributed by atoms with Crippen LogP contribution in [0.2, 0.25) is 0 Å². The molecule has 0 aliphatic carbocycles. The Kier molecular flexibility index (Phi) is 2.06. The van der Waals surface area contributed by atoms with Gasteiger partial charge in [0.25, 0.3) is 0 Å². The second kappa shape index (κ2) is 3.46. The van der Waals surface area contributed by atoms with Crippen molar-refractivity contribution in [2.75, 3.05) is 5.73 Å². The van der Waals surface area contributed by atoms with Crippen molar-refractivity contribution in [3.8, 4) is 5.75 Å². The summed E-state index contributed by atoms with van der Waals surface area (Å²) in [6.45, 7) is 0. The molecule has 3 rings (SSSR count). The van der Waals surface area contributed by atoms with Gasteiger partial charge in [0.15, 0.2) is 5.43 Å². The number of phenols is 1. The van der Waals surface area contributed by atoms with Crippen LogP contribution >= 0.6 is 11.3 Å². The number of rotatable bonds is 0. The Morgan fingerprint density at radius 2 is 1.88 bits per heavy atom. The van der Waals surface area contributed by atoms with Crippen LogP contribution in [0.4, 0.5) is 5.69 Å². The molecular weight excluding hydrogens is 234 g/mol. The standard InChI is InChI=1S/C13H9NO2S/c14-8-4-2-6-10-11(8)12(16)7-3-1-5-9(15)13(7)17-10/h1-6,15H,14H2. The normalized spacial score (nSPS) is 11.1. The fourth-order valence-electron chi connectivity index (χ4n) is 1.93. The molecule has 2 aromatic carbocycles. The molecule has 17 heavy (non-hydrogen) atoms. The van der Waals surface area contributed by atoms with E-state index in [4.69, 9.17) is 5.73 Å². The van der Waals surface area contributed by atoms with Gasteiger partial charge in [0.05, 0.1) is 10.1 Å². The van der Waals surface area contributed by atoms with Crippen LogP contribution in [-0.4, -0.2) is 5.11 Å². The van der Waals surface area contributed by atoms with E-state index in [1.165, 1.54) is 11.3 Å². The molecule has 0 atom stereocenters. The summed E-state index contributed by atoms with van der Waals surface area (Å²) in [7, 11) is 0. The molecule has 3 aromatic rings.